The summed E-state index contributed by atoms with van der Waals surface area (Å²) < 4.78 is 7.06. The van der Waals surface area contributed by atoms with Crippen LogP contribution in [0.2, 0.25) is 0 Å². The van der Waals surface area contributed by atoms with E-state index in [0.717, 1.165) is 35.8 Å². The Labute approximate surface area is 206 Å². The number of likely N-dealkylation sites (tertiary alicyclic amines) is 1. The lowest BCUT2D eigenvalue weighted by molar-refractivity contribution is 0.0930. The highest BCUT2D eigenvalue weighted by Crippen LogP contribution is 2.27. The van der Waals surface area contributed by atoms with Crippen molar-refractivity contribution in [2.24, 2.45) is 0 Å². The molecular formula is C29H30N4O2. The van der Waals surface area contributed by atoms with Gasteiger partial charge in [0.05, 0.1) is 24.5 Å². The molecule has 1 aliphatic heterocycles. The first kappa shape index (κ1) is 22.9. The summed E-state index contributed by atoms with van der Waals surface area (Å²) in [4.78, 5) is 16.0. The molecule has 178 valence electrons. The highest BCUT2D eigenvalue weighted by Gasteiger charge is 2.25. The minimum absolute atomic E-state index is 0.106. The Morgan fingerprint density at radius 2 is 1.60 bits per heavy atom. The van der Waals surface area contributed by atoms with Crippen LogP contribution in [0, 0.1) is 0 Å². The van der Waals surface area contributed by atoms with E-state index in [1.165, 1.54) is 18.4 Å². The average Bonchev–Trinajstić information content (AvgIpc) is 3.61. The predicted octanol–water partition coefficient (Wildman–Crippen LogP) is 5.11. The number of carbonyl (C=O) groups is 1. The fourth-order valence-corrected chi connectivity index (χ4v) is 4.68. The average molecular weight is 467 g/mol. The predicted molar refractivity (Wildman–Crippen MR) is 138 cm³/mol. The largest absolute Gasteiger partial charge is 0.497 e. The van der Waals surface area contributed by atoms with Gasteiger partial charge in [0.15, 0.2) is 0 Å². The Kier molecular flexibility index (Phi) is 6.91. The number of methoxy groups -OCH3 is 1. The van der Waals surface area contributed by atoms with E-state index in [2.05, 4.69) is 22.3 Å². The summed E-state index contributed by atoms with van der Waals surface area (Å²) in [5.74, 6) is 0.694. The number of amides is 1. The molecule has 0 saturated carbocycles. The molecule has 1 atom stereocenters. The van der Waals surface area contributed by atoms with E-state index in [0.29, 0.717) is 12.2 Å². The van der Waals surface area contributed by atoms with Gasteiger partial charge < -0.3 is 10.1 Å². The first-order valence-electron chi connectivity index (χ1n) is 12.1. The zero-order valence-electron chi connectivity index (χ0n) is 19.9. The normalized spacial score (nSPS) is 14.5. The molecule has 1 aliphatic rings. The van der Waals surface area contributed by atoms with Crippen molar-refractivity contribution in [1.29, 1.82) is 0 Å². The quantitative estimate of drug-likeness (QED) is 0.392. The molecule has 6 nitrogen and oxygen atoms in total. The molecule has 1 fully saturated rings. The van der Waals surface area contributed by atoms with E-state index in [4.69, 9.17) is 9.84 Å². The number of ether oxygens (including phenoxy) is 1. The molecule has 4 aromatic rings. The zero-order chi connectivity index (χ0) is 24.0. The molecule has 1 saturated heterocycles. The van der Waals surface area contributed by atoms with Gasteiger partial charge in [-0.15, -0.1) is 0 Å². The molecule has 0 radical (unpaired) electrons. The molecule has 1 aromatic heterocycles. The molecule has 0 unspecified atom stereocenters. The molecule has 1 amide bonds. The Balaban J connectivity index is 1.42. The van der Waals surface area contributed by atoms with Crippen LogP contribution in [0.4, 0.5) is 0 Å². The number of hydrogen-bond donors (Lipinski definition) is 1. The van der Waals surface area contributed by atoms with E-state index in [1.54, 1.807) is 11.8 Å². The fourth-order valence-electron chi connectivity index (χ4n) is 4.68. The molecule has 0 aliphatic carbocycles. The van der Waals surface area contributed by atoms with Crippen LogP contribution in [-0.2, 0) is 0 Å². The monoisotopic (exact) mass is 466 g/mol. The first-order chi connectivity index (χ1) is 17.2. The minimum atomic E-state index is -0.138. The number of nitrogens with zero attached hydrogens (tertiary/aromatic N) is 3. The zero-order valence-corrected chi connectivity index (χ0v) is 19.9. The topological polar surface area (TPSA) is 59.4 Å². The Morgan fingerprint density at radius 3 is 2.26 bits per heavy atom. The van der Waals surface area contributed by atoms with Crippen molar-refractivity contribution in [3.63, 3.8) is 0 Å². The van der Waals surface area contributed by atoms with Crippen LogP contribution < -0.4 is 10.1 Å². The molecule has 1 N–H and O–H groups in total. The van der Waals surface area contributed by atoms with Crippen LogP contribution >= 0.6 is 0 Å². The van der Waals surface area contributed by atoms with E-state index in [-0.39, 0.29) is 11.9 Å². The number of rotatable bonds is 8. The second kappa shape index (κ2) is 10.6. The molecule has 5 rings (SSSR count). The van der Waals surface area contributed by atoms with Crippen LogP contribution in [0.1, 0.15) is 34.9 Å². The van der Waals surface area contributed by atoms with Crippen LogP contribution in [-0.4, -0.2) is 47.3 Å². The van der Waals surface area contributed by atoms with Gasteiger partial charge in [-0.2, -0.15) is 5.10 Å². The Morgan fingerprint density at radius 1 is 0.943 bits per heavy atom. The van der Waals surface area contributed by atoms with E-state index in [9.17, 15) is 4.79 Å². The summed E-state index contributed by atoms with van der Waals surface area (Å²) in [7, 11) is 1.67. The highest BCUT2D eigenvalue weighted by molar-refractivity contribution is 5.94. The molecular weight excluding hydrogens is 436 g/mol. The summed E-state index contributed by atoms with van der Waals surface area (Å²) >= 11 is 0. The van der Waals surface area contributed by atoms with Crippen LogP contribution in [0.15, 0.2) is 91.0 Å². The smallest absolute Gasteiger partial charge is 0.270 e. The van der Waals surface area contributed by atoms with Crippen molar-refractivity contribution in [2.75, 3.05) is 26.7 Å². The van der Waals surface area contributed by atoms with Crippen molar-refractivity contribution < 1.29 is 9.53 Å². The standard InChI is InChI=1S/C29H30N4O2/c1-35-25-16-14-23(15-17-25)28(32-18-8-9-19-32)21-30-29(34)27-20-26(22-10-4-2-5-11-22)31-33(27)24-12-6-3-7-13-24/h2-7,10-17,20,28H,8-9,18-19,21H2,1H3,(H,30,34)/t28-/m0/s1. The number of nitrogens with one attached hydrogen (secondary N) is 1. The lowest BCUT2D eigenvalue weighted by Gasteiger charge is -2.28. The number of benzene rings is 3. The maximum atomic E-state index is 13.5. The van der Waals surface area contributed by atoms with Crippen molar-refractivity contribution in [2.45, 2.75) is 18.9 Å². The molecule has 2 heterocycles. The van der Waals surface area contributed by atoms with E-state index >= 15 is 0 Å². The molecule has 0 bridgehead atoms. The summed E-state index contributed by atoms with van der Waals surface area (Å²) in [5, 5.41) is 7.99. The number of carbonyl (C=O) groups excluding carboxylic acids is 1. The SMILES string of the molecule is COc1ccc([C@H](CNC(=O)c2cc(-c3ccccc3)nn2-c2ccccc2)N2CCCC2)cc1. The molecule has 35 heavy (non-hydrogen) atoms. The maximum absolute atomic E-state index is 13.5. The van der Waals surface area contributed by atoms with Gasteiger partial charge in [0, 0.05) is 12.1 Å². The summed E-state index contributed by atoms with van der Waals surface area (Å²) in [5.41, 5.74) is 4.29. The van der Waals surface area contributed by atoms with Gasteiger partial charge in [0.1, 0.15) is 11.4 Å². The molecule has 3 aromatic carbocycles. The van der Waals surface area contributed by atoms with Gasteiger partial charge in [0.2, 0.25) is 0 Å². The molecule has 6 heteroatoms. The Hall–Kier alpha value is -3.90. The van der Waals surface area contributed by atoms with Gasteiger partial charge >= 0.3 is 0 Å². The highest BCUT2D eigenvalue weighted by atomic mass is 16.5. The summed E-state index contributed by atoms with van der Waals surface area (Å²) in [6, 6.07) is 29.9. The number of hydrogen-bond acceptors (Lipinski definition) is 4. The van der Waals surface area contributed by atoms with Gasteiger partial charge in [-0.25, -0.2) is 4.68 Å². The lowest BCUT2D eigenvalue weighted by Crippen LogP contribution is -2.37. The first-order valence-corrected chi connectivity index (χ1v) is 12.1. The van der Waals surface area contributed by atoms with Crippen LogP contribution in [0.5, 0.6) is 5.75 Å². The third kappa shape index (κ3) is 5.12. The van der Waals surface area contributed by atoms with E-state index < -0.39 is 0 Å². The number of aromatic nitrogens is 2. The number of para-hydroxylation sites is 1. The Bertz CT molecular complexity index is 1250. The summed E-state index contributed by atoms with van der Waals surface area (Å²) in [6.45, 7) is 2.59. The van der Waals surface area contributed by atoms with Crippen LogP contribution in [0.25, 0.3) is 16.9 Å². The minimum Gasteiger partial charge on any atom is -0.497 e. The lowest BCUT2D eigenvalue weighted by atomic mass is 10.0. The van der Waals surface area contributed by atoms with Crippen molar-refractivity contribution in [3.8, 4) is 22.7 Å². The third-order valence-electron chi connectivity index (χ3n) is 6.55. The summed E-state index contributed by atoms with van der Waals surface area (Å²) in [6.07, 6.45) is 2.36. The second-order valence-electron chi connectivity index (χ2n) is 8.77. The fraction of sp³-hybridized carbons (Fsp3) is 0.241. The van der Waals surface area contributed by atoms with Crippen molar-refractivity contribution >= 4 is 5.91 Å². The van der Waals surface area contributed by atoms with Crippen molar-refractivity contribution in [1.82, 2.24) is 20.0 Å². The van der Waals surface area contributed by atoms with Crippen LogP contribution in [0.3, 0.4) is 0 Å². The van der Waals surface area contributed by atoms with Gasteiger partial charge in [-0.05, 0) is 61.8 Å². The third-order valence-corrected chi connectivity index (χ3v) is 6.55. The molecule has 0 spiro atoms. The van der Waals surface area contributed by atoms with Crippen molar-refractivity contribution in [3.05, 3.63) is 102 Å². The maximum Gasteiger partial charge on any atom is 0.270 e. The van der Waals surface area contributed by atoms with Gasteiger partial charge in [-0.1, -0.05) is 60.7 Å². The van der Waals surface area contributed by atoms with Gasteiger partial charge in [0.25, 0.3) is 5.91 Å². The van der Waals surface area contributed by atoms with E-state index in [1.807, 2.05) is 78.9 Å². The second-order valence-corrected chi connectivity index (χ2v) is 8.77. The van der Waals surface area contributed by atoms with Gasteiger partial charge in [-0.3, -0.25) is 9.69 Å².